The average Bonchev–Trinajstić information content (AvgIpc) is 4.13. The minimum absolute atomic E-state index is 0.515. The Kier molecular flexibility index (Phi) is 8.35. The van der Waals surface area contributed by atoms with Crippen LogP contribution < -0.4 is 4.90 Å². The van der Waals surface area contributed by atoms with Crippen LogP contribution >= 0.6 is 0 Å². The first-order valence-corrected chi connectivity index (χ1v) is 23.4. The Balaban J connectivity index is 1.06. The highest BCUT2D eigenvalue weighted by Gasteiger charge is 2.51. The number of furan rings is 1. The molecule has 3 heteroatoms. The maximum Gasteiger partial charge on any atom is 0.136 e. The second kappa shape index (κ2) is 14.8. The van der Waals surface area contributed by atoms with Gasteiger partial charge in [-0.1, -0.05) is 189 Å². The quantitative estimate of drug-likeness (QED) is 0.149. The van der Waals surface area contributed by atoms with Crippen LogP contribution in [0.25, 0.3) is 77.1 Å². The fourth-order valence-corrected chi connectivity index (χ4v) is 11.8. The van der Waals surface area contributed by atoms with Crippen LogP contribution in [0.5, 0.6) is 0 Å². The van der Waals surface area contributed by atoms with Crippen LogP contribution in [0.3, 0.4) is 0 Å². The van der Waals surface area contributed by atoms with Crippen molar-refractivity contribution in [3.8, 4) is 27.9 Å². The molecular weight excluding hydrogens is 825 g/mol. The Morgan fingerprint density at radius 2 is 0.985 bits per heavy atom. The van der Waals surface area contributed by atoms with E-state index in [1.807, 2.05) is 6.08 Å². The zero-order valence-electron chi connectivity index (χ0n) is 37.1. The minimum atomic E-state index is -0.515. The lowest BCUT2D eigenvalue weighted by Crippen LogP contribution is -2.26. The van der Waals surface area contributed by atoms with E-state index in [0.29, 0.717) is 0 Å². The molecule has 318 valence electrons. The van der Waals surface area contributed by atoms with Crippen molar-refractivity contribution in [3.63, 3.8) is 0 Å². The normalized spacial score (nSPS) is 13.3. The standard InChI is InChI=1S/C65H42N2O/c1-2-19-53(64-40-44-38-42-20-3-4-21-43(42)39-63(44)68-64)52-27-10-14-31-58(52)66(61-34-17-18-35-62(61)67-59-32-15-8-25-50(59)51-26-9-16-33-60(51)67)45-36-37-49-48-24-7-13-30-56(48)65(57(49)41-45)54-28-11-5-22-46(54)47-23-6-12-29-55(47)65/h2-41H,1H2/b53-19-. The summed E-state index contributed by atoms with van der Waals surface area (Å²) in [5.41, 5.74) is 19.1. The second-order valence-corrected chi connectivity index (χ2v) is 18.0. The van der Waals surface area contributed by atoms with E-state index in [1.54, 1.807) is 0 Å². The van der Waals surface area contributed by atoms with Gasteiger partial charge in [0.1, 0.15) is 11.3 Å². The number of nitrogens with zero attached hydrogens (tertiary/aromatic N) is 2. The van der Waals surface area contributed by atoms with E-state index in [9.17, 15) is 0 Å². The van der Waals surface area contributed by atoms with Crippen molar-refractivity contribution in [2.24, 2.45) is 0 Å². The first kappa shape index (κ1) is 38.4. The molecule has 0 unspecified atom stereocenters. The van der Waals surface area contributed by atoms with Crippen LogP contribution in [-0.4, -0.2) is 4.57 Å². The predicted octanol–water partition coefficient (Wildman–Crippen LogP) is 17.1. The third-order valence-corrected chi connectivity index (χ3v) is 14.6. The second-order valence-electron chi connectivity index (χ2n) is 18.0. The van der Waals surface area contributed by atoms with Crippen LogP contribution in [0.15, 0.2) is 254 Å². The molecule has 0 radical (unpaired) electrons. The smallest absolute Gasteiger partial charge is 0.136 e. The molecule has 14 rings (SSSR count). The topological polar surface area (TPSA) is 21.3 Å². The molecular formula is C65H42N2O. The SMILES string of the molecule is C=C/C=C(\c1cc2cc3ccccc3cc2o1)c1ccccc1N(c1ccc2c(c1)C1(c3ccccc3-c3ccccc31)c1ccccc1-2)c1ccccc1-n1c2ccccc2c2ccccc21. The molecule has 0 amide bonds. The first-order chi connectivity index (χ1) is 33.7. The Hall–Kier alpha value is -8.92. The number of rotatable bonds is 7. The summed E-state index contributed by atoms with van der Waals surface area (Å²) in [7, 11) is 0. The minimum Gasteiger partial charge on any atom is -0.456 e. The van der Waals surface area contributed by atoms with Gasteiger partial charge in [0, 0.05) is 33.0 Å². The molecule has 0 N–H and O–H groups in total. The lowest BCUT2D eigenvalue weighted by molar-refractivity contribution is 0.601. The van der Waals surface area contributed by atoms with Crippen molar-refractivity contribution in [1.82, 2.24) is 4.57 Å². The van der Waals surface area contributed by atoms with Gasteiger partial charge in [-0.25, -0.2) is 0 Å². The van der Waals surface area contributed by atoms with Crippen molar-refractivity contribution in [2.75, 3.05) is 4.90 Å². The summed E-state index contributed by atoms with van der Waals surface area (Å²) in [5, 5.41) is 5.82. The van der Waals surface area contributed by atoms with Gasteiger partial charge in [0.25, 0.3) is 0 Å². The lowest BCUT2D eigenvalue weighted by atomic mass is 9.70. The van der Waals surface area contributed by atoms with Gasteiger partial charge in [-0.2, -0.15) is 0 Å². The van der Waals surface area contributed by atoms with Gasteiger partial charge in [-0.15, -0.1) is 0 Å². The molecule has 0 fully saturated rings. The number of benzene rings is 10. The third kappa shape index (κ3) is 5.36. The van der Waals surface area contributed by atoms with E-state index in [-0.39, 0.29) is 0 Å². The summed E-state index contributed by atoms with van der Waals surface area (Å²) in [4.78, 5) is 2.48. The zero-order valence-corrected chi connectivity index (χ0v) is 37.1. The Morgan fingerprint density at radius 1 is 0.456 bits per heavy atom. The van der Waals surface area contributed by atoms with Gasteiger partial charge in [-0.3, -0.25) is 0 Å². The fraction of sp³-hybridized carbons (Fsp3) is 0.0154. The van der Waals surface area contributed by atoms with Crippen molar-refractivity contribution >= 4 is 66.2 Å². The number of anilines is 3. The number of fused-ring (bicyclic) bond motifs is 15. The summed E-state index contributed by atoms with van der Waals surface area (Å²) in [6.07, 6.45) is 3.96. The number of hydrogen-bond acceptors (Lipinski definition) is 2. The number of hydrogen-bond donors (Lipinski definition) is 0. The van der Waals surface area contributed by atoms with Crippen molar-refractivity contribution in [3.05, 3.63) is 283 Å². The monoisotopic (exact) mass is 866 g/mol. The Morgan fingerprint density at radius 3 is 1.65 bits per heavy atom. The van der Waals surface area contributed by atoms with Gasteiger partial charge >= 0.3 is 0 Å². The molecule has 3 nitrogen and oxygen atoms in total. The Bertz CT molecular complexity index is 3920. The van der Waals surface area contributed by atoms with Crippen LogP contribution in [0.1, 0.15) is 33.6 Å². The van der Waals surface area contributed by atoms with Gasteiger partial charge in [0.05, 0.1) is 33.5 Å². The molecule has 0 saturated carbocycles. The van der Waals surface area contributed by atoms with Gasteiger partial charge < -0.3 is 13.9 Å². The number of aromatic nitrogens is 1. The summed E-state index contributed by atoms with van der Waals surface area (Å²) >= 11 is 0. The van der Waals surface area contributed by atoms with Crippen molar-refractivity contribution in [2.45, 2.75) is 5.41 Å². The highest BCUT2D eigenvalue weighted by atomic mass is 16.3. The summed E-state index contributed by atoms with van der Waals surface area (Å²) < 4.78 is 9.30. The molecule has 68 heavy (non-hydrogen) atoms. The summed E-state index contributed by atoms with van der Waals surface area (Å²) in [6, 6.07) is 84.4. The molecule has 10 aromatic carbocycles. The number of para-hydroxylation sites is 5. The van der Waals surface area contributed by atoms with Crippen LogP contribution in [0.4, 0.5) is 17.1 Å². The molecule has 0 aliphatic heterocycles. The van der Waals surface area contributed by atoms with E-state index >= 15 is 0 Å². The largest absolute Gasteiger partial charge is 0.456 e. The molecule has 2 aliphatic carbocycles. The van der Waals surface area contributed by atoms with Crippen LogP contribution in [0.2, 0.25) is 0 Å². The highest BCUT2D eigenvalue weighted by molar-refractivity contribution is 6.10. The molecule has 1 spiro atoms. The molecule has 2 aromatic heterocycles. The molecule has 12 aromatic rings. The van der Waals surface area contributed by atoms with Crippen LogP contribution in [-0.2, 0) is 5.41 Å². The van der Waals surface area contributed by atoms with Crippen molar-refractivity contribution in [1.29, 1.82) is 0 Å². The first-order valence-electron chi connectivity index (χ1n) is 23.4. The van der Waals surface area contributed by atoms with E-state index in [4.69, 9.17) is 4.42 Å². The molecule has 0 bridgehead atoms. The van der Waals surface area contributed by atoms with E-state index in [1.165, 1.54) is 60.7 Å². The summed E-state index contributed by atoms with van der Waals surface area (Å²) in [5.74, 6) is 0.779. The maximum absolute atomic E-state index is 6.86. The molecule has 0 atom stereocenters. The van der Waals surface area contributed by atoms with Gasteiger partial charge in [-0.05, 0) is 116 Å². The Labute approximate surface area is 394 Å². The number of allylic oxidation sites excluding steroid dienone is 2. The molecule has 0 saturated heterocycles. The highest BCUT2D eigenvalue weighted by Crippen LogP contribution is 2.63. The third-order valence-electron chi connectivity index (χ3n) is 14.6. The molecule has 2 aliphatic rings. The summed E-state index contributed by atoms with van der Waals surface area (Å²) in [6.45, 7) is 4.25. The zero-order chi connectivity index (χ0) is 44.9. The van der Waals surface area contributed by atoms with E-state index in [0.717, 1.165) is 67.0 Å². The molecule has 2 heterocycles. The van der Waals surface area contributed by atoms with Gasteiger partial charge in [0.2, 0.25) is 0 Å². The van der Waals surface area contributed by atoms with Gasteiger partial charge in [0.15, 0.2) is 0 Å². The maximum atomic E-state index is 6.86. The average molecular weight is 867 g/mol. The van der Waals surface area contributed by atoms with E-state index in [2.05, 4.69) is 253 Å². The van der Waals surface area contributed by atoms with E-state index < -0.39 is 5.41 Å². The van der Waals surface area contributed by atoms with Crippen molar-refractivity contribution < 1.29 is 4.42 Å². The fourth-order valence-electron chi connectivity index (χ4n) is 11.8. The van der Waals surface area contributed by atoms with Crippen LogP contribution in [0, 0.1) is 0 Å². The predicted molar refractivity (Wildman–Crippen MR) is 283 cm³/mol. The lowest BCUT2D eigenvalue weighted by Gasteiger charge is -2.33.